The number of pyridine rings is 1. The van der Waals surface area contributed by atoms with Gasteiger partial charge in [0.1, 0.15) is 5.82 Å². The highest BCUT2D eigenvalue weighted by Crippen LogP contribution is 2.26. The van der Waals surface area contributed by atoms with E-state index in [0.29, 0.717) is 24.9 Å². The first kappa shape index (κ1) is 15.9. The third-order valence-corrected chi connectivity index (χ3v) is 4.95. The number of fused-ring (bicyclic) bond motifs is 1. The summed E-state index contributed by atoms with van der Waals surface area (Å²) in [6.07, 6.45) is 3.39. The van der Waals surface area contributed by atoms with Gasteiger partial charge >= 0.3 is 0 Å². The number of nitrogens with zero attached hydrogens (tertiary/aromatic N) is 2. The summed E-state index contributed by atoms with van der Waals surface area (Å²) < 4.78 is 0. The number of amides is 2. The predicted molar refractivity (Wildman–Crippen MR) is 96.7 cm³/mol. The maximum absolute atomic E-state index is 12.9. The van der Waals surface area contributed by atoms with Gasteiger partial charge in [0, 0.05) is 37.5 Å². The van der Waals surface area contributed by atoms with Crippen molar-refractivity contribution in [2.45, 2.75) is 31.7 Å². The molecule has 6 heteroatoms. The zero-order valence-electron chi connectivity index (χ0n) is 14.1. The Hall–Kier alpha value is -2.63. The number of aromatic nitrogens is 1. The minimum absolute atomic E-state index is 0.0249. The van der Waals surface area contributed by atoms with Crippen LogP contribution in [-0.2, 0) is 4.79 Å². The fourth-order valence-electron chi connectivity index (χ4n) is 3.56. The van der Waals surface area contributed by atoms with Crippen LogP contribution in [0.4, 0.5) is 5.82 Å². The van der Waals surface area contributed by atoms with Gasteiger partial charge in [-0.3, -0.25) is 9.59 Å². The van der Waals surface area contributed by atoms with Crippen LogP contribution in [0, 0.1) is 0 Å². The number of benzene rings is 1. The maximum Gasteiger partial charge on any atom is 0.255 e. The molecule has 1 unspecified atom stereocenters. The number of rotatable bonds is 3. The molecule has 0 radical (unpaired) electrons. The highest BCUT2D eigenvalue weighted by Gasteiger charge is 2.25. The molecule has 0 aliphatic carbocycles. The molecule has 2 amide bonds. The predicted octanol–water partition coefficient (Wildman–Crippen LogP) is 1.84. The number of hydrogen-bond acceptors (Lipinski definition) is 4. The second-order valence-electron chi connectivity index (χ2n) is 6.76. The number of carbonyl (C=O) groups excluding carboxylic acids is 2. The van der Waals surface area contributed by atoms with Crippen molar-refractivity contribution in [2.75, 3.05) is 24.5 Å². The van der Waals surface area contributed by atoms with E-state index in [-0.39, 0.29) is 17.9 Å². The smallest absolute Gasteiger partial charge is 0.255 e. The highest BCUT2D eigenvalue weighted by molar-refractivity contribution is 6.02. The maximum atomic E-state index is 12.9. The first-order valence-electron chi connectivity index (χ1n) is 8.93. The van der Waals surface area contributed by atoms with Gasteiger partial charge in [0.2, 0.25) is 5.91 Å². The molecule has 3 heterocycles. The Morgan fingerprint density at radius 2 is 2.04 bits per heavy atom. The summed E-state index contributed by atoms with van der Waals surface area (Å²) in [7, 11) is 0. The van der Waals surface area contributed by atoms with E-state index in [0.717, 1.165) is 42.7 Å². The summed E-state index contributed by atoms with van der Waals surface area (Å²) in [5.41, 5.74) is 1.53. The summed E-state index contributed by atoms with van der Waals surface area (Å²) in [6.45, 7) is 2.36. The van der Waals surface area contributed by atoms with E-state index in [4.69, 9.17) is 4.98 Å². The third kappa shape index (κ3) is 3.29. The van der Waals surface area contributed by atoms with Crippen LogP contribution >= 0.6 is 0 Å². The van der Waals surface area contributed by atoms with E-state index in [1.54, 1.807) is 0 Å². The number of para-hydroxylation sites is 1. The molecule has 2 N–H and O–H groups in total. The van der Waals surface area contributed by atoms with E-state index in [2.05, 4.69) is 15.5 Å². The lowest BCUT2D eigenvalue weighted by Gasteiger charge is -2.25. The van der Waals surface area contributed by atoms with Crippen LogP contribution in [0.5, 0.6) is 0 Å². The standard InChI is InChI=1S/C19H22N4O2/c24-17-8-7-14(12-20-17)21-19(25)15-11-13-5-1-2-6-16(13)22-18(15)23-9-3-4-10-23/h1-2,5-6,11,14H,3-4,7-10,12H2,(H,20,24)(H,21,25). The van der Waals surface area contributed by atoms with Crippen molar-refractivity contribution in [1.29, 1.82) is 0 Å². The minimum atomic E-state index is -0.110. The molecule has 2 aliphatic rings. The molecular formula is C19H22N4O2. The number of nitrogens with one attached hydrogen (secondary N) is 2. The van der Waals surface area contributed by atoms with Gasteiger partial charge in [0.15, 0.2) is 0 Å². The SMILES string of the molecule is O=C1CCC(NC(=O)c2cc3ccccc3nc2N2CCCC2)CN1. The number of hydrogen-bond donors (Lipinski definition) is 2. The fourth-order valence-corrected chi connectivity index (χ4v) is 3.56. The number of anilines is 1. The van der Waals surface area contributed by atoms with Crippen LogP contribution in [0.15, 0.2) is 30.3 Å². The van der Waals surface area contributed by atoms with E-state index in [9.17, 15) is 9.59 Å². The van der Waals surface area contributed by atoms with Crippen molar-refractivity contribution in [3.05, 3.63) is 35.9 Å². The Labute approximate surface area is 146 Å². The molecular weight excluding hydrogens is 316 g/mol. The Balaban J connectivity index is 1.65. The van der Waals surface area contributed by atoms with Crippen LogP contribution in [-0.4, -0.2) is 42.5 Å². The van der Waals surface area contributed by atoms with Gasteiger partial charge < -0.3 is 15.5 Å². The van der Waals surface area contributed by atoms with Crippen LogP contribution in [0.3, 0.4) is 0 Å². The largest absolute Gasteiger partial charge is 0.356 e. The first-order chi connectivity index (χ1) is 12.2. The Morgan fingerprint density at radius 1 is 1.24 bits per heavy atom. The topological polar surface area (TPSA) is 74.3 Å². The van der Waals surface area contributed by atoms with E-state index < -0.39 is 0 Å². The molecule has 25 heavy (non-hydrogen) atoms. The van der Waals surface area contributed by atoms with Crippen molar-refractivity contribution in [3.8, 4) is 0 Å². The van der Waals surface area contributed by atoms with Crippen LogP contribution in [0.1, 0.15) is 36.0 Å². The van der Waals surface area contributed by atoms with Gasteiger partial charge in [-0.1, -0.05) is 18.2 Å². The molecule has 1 atom stereocenters. The lowest BCUT2D eigenvalue weighted by atomic mass is 10.1. The molecule has 2 aromatic rings. The second kappa shape index (κ2) is 6.70. The van der Waals surface area contributed by atoms with Gasteiger partial charge in [-0.25, -0.2) is 4.98 Å². The first-order valence-corrected chi connectivity index (χ1v) is 8.93. The van der Waals surface area contributed by atoms with Crippen molar-refractivity contribution in [3.63, 3.8) is 0 Å². The van der Waals surface area contributed by atoms with E-state index >= 15 is 0 Å². The lowest BCUT2D eigenvalue weighted by molar-refractivity contribution is -0.122. The fraction of sp³-hybridized carbons (Fsp3) is 0.421. The number of carbonyl (C=O) groups is 2. The van der Waals surface area contributed by atoms with Gasteiger partial charge in [-0.2, -0.15) is 0 Å². The average Bonchev–Trinajstić information content (AvgIpc) is 3.17. The third-order valence-electron chi connectivity index (χ3n) is 4.95. The molecule has 2 saturated heterocycles. The van der Waals surface area contributed by atoms with Crippen LogP contribution in [0.2, 0.25) is 0 Å². The summed E-state index contributed by atoms with van der Waals surface area (Å²) in [4.78, 5) is 31.2. The summed E-state index contributed by atoms with van der Waals surface area (Å²) in [5.74, 6) is 0.713. The molecule has 6 nitrogen and oxygen atoms in total. The van der Waals surface area contributed by atoms with Gasteiger partial charge in [-0.15, -0.1) is 0 Å². The van der Waals surface area contributed by atoms with Crippen LogP contribution in [0.25, 0.3) is 10.9 Å². The molecule has 1 aromatic heterocycles. The lowest BCUT2D eigenvalue weighted by Crippen LogP contribution is -2.48. The highest BCUT2D eigenvalue weighted by atomic mass is 16.2. The van der Waals surface area contributed by atoms with E-state index in [1.807, 2.05) is 30.3 Å². The number of piperidine rings is 1. The summed E-state index contributed by atoms with van der Waals surface area (Å²) in [5, 5.41) is 6.84. The molecule has 2 fully saturated rings. The van der Waals surface area contributed by atoms with Gasteiger partial charge in [0.05, 0.1) is 11.1 Å². The van der Waals surface area contributed by atoms with Crippen LogP contribution < -0.4 is 15.5 Å². The van der Waals surface area contributed by atoms with Gasteiger partial charge in [0.25, 0.3) is 5.91 Å². The van der Waals surface area contributed by atoms with Crippen molar-refractivity contribution >= 4 is 28.5 Å². The second-order valence-corrected chi connectivity index (χ2v) is 6.76. The van der Waals surface area contributed by atoms with Crippen molar-refractivity contribution < 1.29 is 9.59 Å². The molecule has 4 rings (SSSR count). The summed E-state index contributed by atoms with van der Waals surface area (Å²) >= 11 is 0. The monoisotopic (exact) mass is 338 g/mol. The molecule has 0 spiro atoms. The Kier molecular flexibility index (Phi) is 4.26. The molecule has 0 bridgehead atoms. The van der Waals surface area contributed by atoms with E-state index in [1.165, 1.54) is 0 Å². The Bertz CT molecular complexity index is 804. The van der Waals surface area contributed by atoms with Crippen molar-refractivity contribution in [2.24, 2.45) is 0 Å². The quantitative estimate of drug-likeness (QED) is 0.896. The zero-order chi connectivity index (χ0) is 17.2. The van der Waals surface area contributed by atoms with Gasteiger partial charge in [-0.05, 0) is 31.4 Å². The molecule has 130 valence electrons. The Morgan fingerprint density at radius 3 is 2.80 bits per heavy atom. The molecule has 1 aromatic carbocycles. The molecule has 2 aliphatic heterocycles. The molecule has 0 saturated carbocycles. The summed E-state index contributed by atoms with van der Waals surface area (Å²) in [6, 6.07) is 9.79. The van der Waals surface area contributed by atoms with Crippen molar-refractivity contribution in [1.82, 2.24) is 15.6 Å². The minimum Gasteiger partial charge on any atom is -0.356 e. The normalized spacial score (nSPS) is 20.6. The average molecular weight is 338 g/mol. The zero-order valence-corrected chi connectivity index (χ0v) is 14.1.